The second-order valence-electron chi connectivity index (χ2n) is 12.6. The zero-order valence-electron chi connectivity index (χ0n) is 28.9. The molecule has 2 unspecified atom stereocenters. The van der Waals surface area contributed by atoms with E-state index in [-0.39, 0.29) is 97.5 Å². The third-order valence-corrected chi connectivity index (χ3v) is 13.3. The highest BCUT2D eigenvalue weighted by Gasteiger charge is 2.59. The van der Waals surface area contributed by atoms with Crippen LogP contribution >= 0.6 is 11.8 Å². The number of ether oxygens (including phenoxy) is 2. The molecule has 16 nitrogen and oxygen atoms in total. The van der Waals surface area contributed by atoms with E-state index in [1.165, 1.54) is 57.7 Å². The van der Waals surface area contributed by atoms with E-state index in [0.717, 1.165) is 17.0 Å². The molecular weight excluding hydrogens is 778 g/mol. The summed E-state index contributed by atoms with van der Waals surface area (Å²) in [5.74, 6) is -2.95. The first kappa shape index (κ1) is 39.6. The molecule has 6 rings (SSSR count). The van der Waals surface area contributed by atoms with E-state index in [0.29, 0.717) is 0 Å². The van der Waals surface area contributed by atoms with Crippen molar-refractivity contribution in [2.45, 2.75) is 41.6 Å². The topological polar surface area (TPSA) is 192 Å². The van der Waals surface area contributed by atoms with Gasteiger partial charge in [0, 0.05) is 55.3 Å². The molecule has 5 heterocycles. The highest BCUT2D eigenvalue weighted by atomic mass is 32.2. The Morgan fingerprint density at radius 1 is 0.778 bits per heavy atom. The van der Waals surface area contributed by atoms with Crippen LogP contribution in [0.1, 0.15) is 36.8 Å². The van der Waals surface area contributed by atoms with Gasteiger partial charge in [-0.25, -0.2) is 9.69 Å². The molecule has 22 heteroatoms. The number of hydrogen-bond donors (Lipinski definition) is 3. The van der Waals surface area contributed by atoms with Crippen LogP contribution in [0.25, 0.3) is 0 Å². The van der Waals surface area contributed by atoms with Gasteiger partial charge in [0.25, 0.3) is 5.91 Å². The Bertz CT molecular complexity index is 1980. The fraction of sp³-hybridized carbons (Fsp3) is 0.438. The van der Waals surface area contributed by atoms with Gasteiger partial charge in [-0.05, 0) is 59.3 Å². The van der Waals surface area contributed by atoms with E-state index < -0.39 is 55.2 Å². The number of carbonyl (C=O) groups excluding carboxylic acids is 2. The average molecular weight is 815 g/mol. The Morgan fingerprint density at radius 2 is 1.22 bits per heavy atom. The third-order valence-electron chi connectivity index (χ3n) is 9.51. The number of imide groups is 1. The summed E-state index contributed by atoms with van der Waals surface area (Å²) in [6.45, 7) is 4.33. The van der Waals surface area contributed by atoms with Gasteiger partial charge in [-0.2, -0.15) is 38.6 Å². The SMILES string of the molecule is CC(c1ccncc1NS(=O)(=O)N1CCOCC1)C1(C(C)c2ccncc2NS(=O)(=O)N2CCOCC2)NC(=O)N(c2ccc(SC(F)(F)F)cc2)C1=O. The molecule has 2 atom stereocenters. The van der Waals surface area contributed by atoms with Crippen LogP contribution in [0.2, 0.25) is 0 Å². The summed E-state index contributed by atoms with van der Waals surface area (Å²) in [4.78, 5) is 37.8. The van der Waals surface area contributed by atoms with Crippen molar-refractivity contribution in [2.24, 2.45) is 0 Å². The van der Waals surface area contributed by atoms with Crippen LogP contribution in [-0.2, 0) is 34.7 Å². The van der Waals surface area contributed by atoms with Crippen LogP contribution < -0.4 is 19.7 Å². The van der Waals surface area contributed by atoms with Gasteiger partial charge >= 0.3 is 32.0 Å². The number of nitrogens with one attached hydrogen (secondary N) is 3. The van der Waals surface area contributed by atoms with Crippen molar-refractivity contribution >= 4 is 61.2 Å². The number of halogens is 3. The van der Waals surface area contributed by atoms with E-state index in [9.17, 15) is 39.6 Å². The first-order valence-electron chi connectivity index (χ1n) is 16.6. The Morgan fingerprint density at radius 3 is 1.65 bits per heavy atom. The molecule has 3 aromatic rings. The van der Waals surface area contributed by atoms with Crippen molar-refractivity contribution in [3.63, 3.8) is 0 Å². The van der Waals surface area contributed by atoms with Crippen molar-refractivity contribution in [3.8, 4) is 0 Å². The van der Waals surface area contributed by atoms with Crippen LogP contribution in [0, 0.1) is 0 Å². The Hall–Kier alpha value is -4.06. The summed E-state index contributed by atoms with van der Waals surface area (Å²) in [5, 5.41) is 2.83. The first-order valence-corrected chi connectivity index (χ1v) is 20.3. The van der Waals surface area contributed by atoms with Crippen LogP contribution in [0.3, 0.4) is 0 Å². The van der Waals surface area contributed by atoms with E-state index >= 15 is 0 Å². The van der Waals surface area contributed by atoms with Gasteiger partial charge in [0.2, 0.25) is 0 Å². The van der Waals surface area contributed by atoms with E-state index in [1.54, 1.807) is 13.8 Å². The largest absolute Gasteiger partial charge is 0.446 e. The van der Waals surface area contributed by atoms with Gasteiger partial charge in [0.05, 0.1) is 55.9 Å². The van der Waals surface area contributed by atoms with Crippen molar-refractivity contribution in [2.75, 3.05) is 67.0 Å². The number of anilines is 3. The van der Waals surface area contributed by atoms with Gasteiger partial charge < -0.3 is 14.8 Å². The molecule has 54 heavy (non-hydrogen) atoms. The number of nitrogens with zero attached hydrogens (tertiary/aromatic N) is 5. The minimum atomic E-state index is -4.57. The zero-order valence-corrected chi connectivity index (χ0v) is 31.4. The Kier molecular flexibility index (Phi) is 11.4. The second-order valence-corrected chi connectivity index (χ2v) is 17.1. The minimum absolute atomic E-state index is 0.0140. The minimum Gasteiger partial charge on any atom is -0.379 e. The summed E-state index contributed by atoms with van der Waals surface area (Å²) in [6.07, 6.45) is 5.32. The van der Waals surface area contributed by atoms with Gasteiger partial charge in [-0.1, -0.05) is 13.8 Å². The predicted molar refractivity (Wildman–Crippen MR) is 192 cm³/mol. The van der Waals surface area contributed by atoms with Gasteiger partial charge in [0.15, 0.2) is 0 Å². The van der Waals surface area contributed by atoms with E-state index in [1.807, 2.05) is 0 Å². The molecule has 2 aromatic heterocycles. The number of aromatic nitrogens is 2. The lowest BCUT2D eigenvalue weighted by Gasteiger charge is -2.40. The fourth-order valence-corrected chi connectivity index (χ4v) is 9.72. The zero-order chi connectivity index (χ0) is 38.9. The number of benzene rings is 1. The van der Waals surface area contributed by atoms with E-state index in [4.69, 9.17) is 9.47 Å². The average Bonchev–Trinajstić information content (AvgIpc) is 3.41. The molecule has 0 aliphatic carbocycles. The number of urea groups is 1. The van der Waals surface area contributed by atoms with Crippen LogP contribution in [0.5, 0.6) is 0 Å². The van der Waals surface area contributed by atoms with Crippen molar-refractivity contribution in [3.05, 3.63) is 72.3 Å². The Balaban J connectivity index is 1.44. The third kappa shape index (κ3) is 8.14. The number of pyridine rings is 2. The van der Waals surface area contributed by atoms with Crippen LogP contribution in [0.15, 0.2) is 66.1 Å². The summed E-state index contributed by atoms with van der Waals surface area (Å²) in [6, 6.07) is 6.75. The first-order chi connectivity index (χ1) is 25.5. The van der Waals surface area contributed by atoms with Gasteiger partial charge in [-0.15, -0.1) is 0 Å². The maximum absolute atomic E-state index is 15.0. The van der Waals surface area contributed by atoms with Crippen LogP contribution in [0.4, 0.5) is 35.0 Å². The molecule has 1 aromatic carbocycles. The molecule has 3 fully saturated rings. The standard InChI is InChI=1S/C32H37F3N8O8S3/c1-21(25-7-9-36-19-27(25)39-53(46,47)41-11-15-50-16-12-41)31(29(44)43(30(45)38-31)23-3-5-24(6-4-23)52-32(33,34)35)22(2)26-8-10-37-20-28(26)40-54(48,49)42-13-17-51-18-14-42/h3-10,19-22,39-40H,11-18H2,1-2H3,(H,38,45). The molecule has 292 valence electrons. The number of alkyl halides is 3. The maximum atomic E-state index is 15.0. The number of amides is 3. The van der Waals surface area contributed by atoms with Gasteiger partial charge in [0.1, 0.15) is 5.54 Å². The predicted octanol–water partition coefficient (Wildman–Crippen LogP) is 3.47. The smallest absolute Gasteiger partial charge is 0.379 e. The molecule has 0 radical (unpaired) electrons. The van der Waals surface area contributed by atoms with E-state index in [2.05, 4.69) is 24.7 Å². The summed E-state index contributed by atoms with van der Waals surface area (Å²) in [5.41, 5.74) is -6.02. The molecular formula is C32H37F3N8O8S3. The Labute approximate surface area is 314 Å². The summed E-state index contributed by atoms with van der Waals surface area (Å²) >= 11 is -0.359. The summed E-state index contributed by atoms with van der Waals surface area (Å²) in [7, 11) is -8.28. The highest BCUT2D eigenvalue weighted by Crippen LogP contribution is 2.48. The monoisotopic (exact) mass is 814 g/mol. The lowest BCUT2D eigenvalue weighted by Crippen LogP contribution is -2.55. The number of carbonyl (C=O) groups is 2. The molecule has 3 amide bonds. The molecule has 0 bridgehead atoms. The molecule has 3 aliphatic rings. The molecule has 0 spiro atoms. The number of thioether (sulfide) groups is 1. The van der Waals surface area contributed by atoms with Gasteiger partial charge in [-0.3, -0.25) is 24.2 Å². The normalized spacial score (nSPS) is 21.8. The fourth-order valence-electron chi connectivity index (χ4n) is 6.76. The van der Waals surface area contributed by atoms with Crippen molar-refractivity contribution < 1.29 is 49.1 Å². The van der Waals surface area contributed by atoms with Crippen molar-refractivity contribution in [1.29, 1.82) is 0 Å². The number of rotatable bonds is 12. The quantitative estimate of drug-likeness (QED) is 0.179. The van der Waals surface area contributed by atoms with Crippen LogP contribution in [-0.4, -0.2) is 111 Å². The highest BCUT2D eigenvalue weighted by molar-refractivity contribution is 8.00. The number of morpholine rings is 2. The second kappa shape index (κ2) is 15.6. The number of hydrogen-bond acceptors (Lipinski definition) is 11. The lowest BCUT2D eigenvalue weighted by atomic mass is 9.69. The molecule has 3 aliphatic heterocycles. The molecule has 0 saturated carbocycles. The summed E-state index contributed by atoms with van der Waals surface area (Å²) < 4.78 is 111. The lowest BCUT2D eigenvalue weighted by molar-refractivity contribution is -0.123. The molecule has 3 saturated heterocycles. The maximum Gasteiger partial charge on any atom is 0.446 e. The molecule has 3 N–H and O–H groups in total. The van der Waals surface area contributed by atoms with Crippen molar-refractivity contribution in [1.82, 2.24) is 23.9 Å².